The van der Waals surface area contributed by atoms with Crippen molar-refractivity contribution in [2.75, 3.05) is 25.2 Å². The van der Waals surface area contributed by atoms with Crippen LogP contribution in [0.25, 0.3) is 0 Å². The third-order valence-electron chi connectivity index (χ3n) is 1.48. The van der Waals surface area contributed by atoms with Crippen molar-refractivity contribution in [3.05, 3.63) is 0 Å². The first-order valence-corrected chi connectivity index (χ1v) is 4.65. The van der Waals surface area contributed by atoms with Crippen molar-refractivity contribution in [3.63, 3.8) is 0 Å². The molecule has 0 saturated heterocycles. The molecule has 1 nitrogen and oxygen atoms in total. The van der Waals surface area contributed by atoms with Gasteiger partial charge in [0.15, 0.2) is 0 Å². The fourth-order valence-electron chi connectivity index (χ4n) is 0.677. The minimum Gasteiger partial charge on any atom is -0.384 e. The summed E-state index contributed by atoms with van der Waals surface area (Å²) in [6.45, 7) is 0.914. The molecule has 1 fully saturated rings. The monoisotopic (exact) mass is 146 g/mol. The van der Waals surface area contributed by atoms with E-state index >= 15 is 0 Å². The highest BCUT2D eigenvalue weighted by molar-refractivity contribution is 7.99. The summed E-state index contributed by atoms with van der Waals surface area (Å²) in [5, 5.41) is 0. The van der Waals surface area contributed by atoms with Gasteiger partial charge in [0, 0.05) is 12.9 Å². The van der Waals surface area contributed by atoms with Gasteiger partial charge in [0.2, 0.25) is 0 Å². The lowest BCUT2D eigenvalue weighted by atomic mass is 10.5. The Morgan fingerprint density at radius 3 is 2.89 bits per heavy atom. The van der Waals surface area contributed by atoms with Gasteiger partial charge < -0.3 is 4.74 Å². The number of methoxy groups -OCH3 is 1. The molecule has 54 valence electrons. The summed E-state index contributed by atoms with van der Waals surface area (Å²) in [6, 6.07) is 0. The van der Waals surface area contributed by atoms with Crippen molar-refractivity contribution in [3.8, 4) is 0 Å². The Morgan fingerprint density at radius 2 is 2.33 bits per heavy atom. The first-order valence-electron chi connectivity index (χ1n) is 3.50. The number of ether oxygens (including phenoxy) is 1. The highest BCUT2D eigenvalue weighted by Crippen LogP contribution is 2.32. The molecule has 0 N–H and O–H groups in total. The average Bonchev–Trinajstić information content (AvgIpc) is 2.63. The smallest absolute Gasteiger partial charge is 0.0552 e. The van der Waals surface area contributed by atoms with Crippen molar-refractivity contribution < 1.29 is 4.74 Å². The van der Waals surface area contributed by atoms with E-state index in [2.05, 4.69) is 0 Å². The van der Waals surface area contributed by atoms with Crippen LogP contribution in [0.4, 0.5) is 0 Å². The van der Waals surface area contributed by atoms with Crippen LogP contribution in [0.2, 0.25) is 0 Å². The van der Waals surface area contributed by atoms with E-state index in [0.29, 0.717) is 0 Å². The summed E-state index contributed by atoms with van der Waals surface area (Å²) in [6.07, 6.45) is 2.94. The first kappa shape index (κ1) is 7.42. The van der Waals surface area contributed by atoms with Gasteiger partial charge in [-0.1, -0.05) is 0 Å². The molecule has 1 aliphatic carbocycles. The molecule has 1 rings (SSSR count). The molecule has 0 radical (unpaired) electrons. The van der Waals surface area contributed by atoms with E-state index in [1.54, 1.807) is 7.11 Å². The van der Waals surface area contributed by atoms with Crippen molar-refractivity contribution >= 4 is 11.8 Å². The zero-order valence-electron chi connectivity index (χ0n) is 5.93. The molecular formula is C7H14OS. The van der Waals surface area contributed by atoms with Gasteiger partial charge in [0.1, 0.15) is 0 Å². The van der Waals surface area contributed by atoms with Gasteiger partial charge in [-0.25, -0.2) is 0 Å². The maximum absolute atomic E-state index is 4.92. The van der Waals surface area contributed by atoms with E-state index in [4.69, 9.17) is 4.74 Å². The SMILES string of the molecule is COCCSCC1CC1. The van der Waals surface area contributed by atoms with Crippen LogP contribution in [-0.2, 0) is 4.74 Å². The van der Waals surface area contributed by atoms with E-state index in [1.165, 1.54) is 24.3 Å². The molecule has 0 unspecified atom stereocenters. The first-order chi connectivity index (χ1) is 4.43. The molecule has 0 atom stereocenters. The Kier molecular flexibility index (Phi) is 3.44. The highest BCUT2D eigenvalue weighted by atomic mass is 32.2. The van der Waals surface area contributed by atoms with Crippen molar-refractivity contribution in [1.82, 2.24) is 0 Å². The standard InChI is InChI=1S/C7H14OS/c1-8-4-5-9-6-7-2-3-7/h7H,2-6H2,1H3. The molecule has 1 saturated carbocycles. The fraction of sp³-hybridized carbons (Fsp3) is 1.00. The molecule has 0 amide bonds. The van der Waals surface area contributed by atoms with Gasteiger partial charge in [-0.2, -0.15) is 11.8 Å². The van der Waals surface area contributed by atoms with Crippen LogP contribution in [0.5, 0.6) is 0 Å². The summed E-state index contributed by atoms with van der Waals surface area (Å²) in [4.78, 5) is 0. The van der Waals surface area contributed by atoms with E-state index in [9.17, 15) is 0 Å². The van der Waals surface area contributed by atoms with Crippen LogP contribution in [0.15, 0.2) is 0 Å². The molecule has 0 aromatic carbocycles. The molecule has 1 aliphatic rings. The maximum atomic E-state index is 4.92. The molecule has 0 aromatic rings. The number of thioether (sulfide) groups is 1. The minimum absolute atomic E-state index is 0.914. The summed E-state index contributed by atoms with van der Waals surface area (Å²) in [5.41, 5.74) is 0. The lowest BCUT2D eigenvalue weighted by Gasteiger charge is -1.96. The zero-order chi connectivity index (χ0) is 6.53. The Bertz CT molecular complexity index is 71.3. The second-order valence-electron chi connectivity index (χ2n) is 2.51. The number of hydrogen-bond donors (Lipinski definition) is 0. The Hall–Kier alpha value is 0.310. The summed E-state index contributed by atoms with van der Waals surface area (Å²) < 4.78 is 4.92. The van der Waals surface area contributed by atoms with E-state index in [0.717, 1.165) is 12.5 Å². The second kappa shape index (κ2) is 4.18. The van der Waals surface area contributed by atoms with Crippen LogP contribution >= 0.6 is 11.8 Å². The van der Waals surface area contributed by atoms with E-state index < -0.39 is 0 Å². The second-order valence-corrected chi connectivity index (χ2v) is 3.66. The summed E-state index contributed by atoms with van der Waals surface area (Å²) in [5.74, 6) is 3.60. The van der Waals surface area contributed by atoms with Gasteiger partial charge >= 0.3 is 0 Å². The number of rotatable bonds is 5. The molecule has 9 heavy (non-hydrogen) atoms. The highest BCUT2D eigenvalue weighted by Gasteiger charge is 2.20. The Morgan fingerprint density at radius 1 is 1.56 bits per heavy atom. The third kappa shape index (κ3) is 3.82. The third-order valence-corrected chi connectivity index (χ3v) is 2.64. The van der Waals surface area contributed by atoms with E-state index in [-0.39, 0.29) is 0 Å². The van der Waals surface area contributed by atoms with Crippen LogP contribution < -0.4 is 0 Å². The minimum atomic E-state index is 0.914. The normalized spacial score (nSPS) is 18.3. The van der Waals surface area contributed by atoms with Crippen LogP contribution in [-0.4, -0.2) is 25.2 Å². The molecule has 2 heteroatoms. The molecule has 0 aliphatic heterocycles. The lowest BCUT2D eigenvalue weighted by Crippen LogP contribution is -1.93. The van der Waals surface area contributed by atoms with Crippen LogP contribution in [0.1, 0.15) is 12.8 Å². The number of hydrogen-bond acceptors (Lipinski definition) is 2. The van der Waals surface area contributed by atoms with Crippen molar-refractivity contribution in [1.29, 1.82) is 0 Å². The zero-order valence-corrected chi connectivity index (χ0v) is 6.75. The summed E-state index contributed by atoms with van der Waals surface area (Å²) >= 11 is 2.02. The van der Waals surface area contributed by atoms with Gasteiger partial charge in [0.05, 0.1) is 6.61 Å². The Balaban J connectivity index is 1.71. The predicted octanol–water partition coefficient (Wildman–Crippen LogP) is 1.78. The lowest BCUT2D eigenvalue weighted by molar-refractivity contribution is 0.218. The van der Waals surface area contributed by atoms with Gasteiger partial charge in [-0.15, -0.1) is 0 Å². The molecule has 0 bridgehead atoms. The van der Waals surface area contributed by atoms with Gasteiger partial charge in [-0.3, -0.25) is 0 Å². The quantitative estimate of drug-likeness (QED) is 0.547. The van der Waals surface area contributed by atoms with Crippen molar-refractivity contribution in [2.24, 2.45) is 5.92 Å². The molecular weight excluding hydrogens is 132 g/mol. The Labute approximate surface area is 61.2 Å². The summed E-state index contributed by atoms with van der Waals surface area (Å²) in [7, 11) is 1.76. The fourth-order valence-corrected chi connectivity index (χ4v) is 1.79. The van der Waals surface area contributed by atoms with Crippen molar-refractivity contribution in [2.45, 2.75) is 12.8 Å². The predicted molar refractivity (Wildman–Crippen MR) is 41.9 cm³/mol. The maximum Gasteiger partial charge on any atom is 0.0552 e. The van der Waals surface area contributed by atoms with Crippen LogP contribution in [0.3, 0.4) is 0 Å². The molecule has 0 heterocycles. The topological polar surface area (TPSA) is 9.23 Å². The van der Waals surface area contributed by atoms with Gasteiger partial charge in [0.25, 0.3) is 0 Å². The average molecular weight is 146 g/mol. The molecule has 0 spiro atoms. The van der Waals surface area contributed by atoms with Crippen LogP contribution in [0, 0.1) is 5.92 Å². The largest absolute Gasteiger partial charge is 0.384 e. The molecule has 0 aromatic heterocycles. The van der Waals surface area contributed by atoms with Gasteiger partial charge in [-0.05, 0) is 24.5 Å². The van der Waals surface area contributed by atoms with E-state index in [1.807, 2.05) is 11.8 Å².